The maximum absolute atomic E-state index is 12.0. The lowest BCUT2D eigenvalue weighted by Crippen LogP contribution is -2.41. The van der Waals surface area contributed by atoms with Gasteiger partial charge in [0.15, 0.2) is 15.8 Å². The Morgan fingerprint density at radius 3 is 2.39 bits per heavy atom. The van der Waals surface area contributed by atoms with Crippen LogP contribution in [0.1, 0.15) is 26.3 Å². The third-order valence-electron chi connectivity index (χ3n) is 3.28. The molecule has 0 aliphatic carbocycles. The molecule has 0 aliphatic heterocycles. The normalized spacial score (nSPS) is 13.0. The molecule has 0 saturated carbocycles. The van der Waals surface area contributed by atoms with E-state index in [0.29, 0.717) is 22.5 Å². The molecule has 1 aromatic rings. The molecule has 0 bridgehead atoms. The summed E-state index contributed by atoms with van der Waals surface area (Å²) in [5, 5.41) is 7.22. The van der Waals surface area contributed by atoms with Gasteiger partial charge in [-0.15, -0.1) is 0 Å². The van der Waals surface area contributed by atoms with Gasteiger partial charge in [0, 0.05) is 30.2 Å². The number of hydrogen-bond acceptors (Lipinski definition) is 3. The lowest BCUT2D eigenvalue weighted by molar-refractivity contribution is 0.559. The molecule has 23 heavy (non-hydrogen) atoms. The van der Waals surface area contributed by atoms with Gasteiger partial charge >= 0.3 is 0 Å². The minimum Gasteiger partial charge on any atom is -0.355 e. The first-order chi connectivity index (χ1) is 10.6. The quantitative estimate of drug-likeness (QED) is 0.609. The van der Waals surface area contributed by atoms with E-state index in [1.807, 2.05) is 6.07 Å². The van der Waals surface area contributed by atoms with Crippen LogP contribution in [0.25, 0.3) is 0 Å². The number of nitrogens with one attached hydrogen (secondary N) is 2. The summed E-state index contributed by atoms with van der Waals surface area (Å²) in [6.07, 6.45) is 0. The molecule has 0 saturated heterocycles. The van der Waals surface area contributed by atoms with E-state index in [-0.39, 0.29) is 12.3 Å². The maximum Gasteiger partial charge on any atom is 0.191 e. The number of hydrogen-bond donors (Lipinski definition) is 2. The van der Waals surface area contributed by atoms with Crippen LogP contribution >= 0.6 is 23.2 Å². The average Bonchev–Trinajstić information content (AvgIpc) is 2.42. The van der Waals surface area contributed by atoms with Crippen molar-refractivity contribution < 1.29 is 8.42 Å². The number of sulfone groups is 1. The van der Waals surface area contributed by atoms with Crippen LogP contribution in [0.4, 0.5) is 0 Å². The van der Waals surface area contributed by atoms with Crippen LogP contribution < -0.4 is 10.6 Å². The standard InChI is InChI=1S/C15H23Cl2N3O2S/c1-15(2,3)23(21,22)8-7-19-14(18-4)20-10-11-5-6-12(16)9-13(11)17/h5-6,9H,7-8,10H2,1-4H3,(H2,18,19,20). The van der Waals surface area contributed by atoms with E-state index >= 15 is 0 Å². The van der Waals surface area contributed by atoms with Gasteiger partial charge < -0.3 is 10.6 Å². The molecule has 0 heterocycles. The first kappa shape index (κ1) is 20.1. The zero-order valence-corrected chi connectivity index (χ0v) is 16.1. The van der Waals surface area contributed by atoms with Crippen molar-refractivity contribution >= 4 is 39.0 Å². The van der Waals surface area contributed by atoms with Crippen molar-refractivity contribution in [2.24, 2.45) is 4.99 Å². The molecule has 1 rings (SSSR count). The third-order valence-corrected chi connectivity index (χ3v) is 6.48. The van der Waals surface area contributed by atoms with Crippen LogP contribution in [-0.2, 0) is 16.4 Å². The predicted molar refractivity (Wildman–Crippen MR) is 98.2 cm³/mol. The zero-order chi connectivity index (χ0) is 17.7. The Bertz CT molecular complexity index is 668. The molecule has 5 nitrogen and oxygen atoms in total. The van der Waals surface area contributed by atoms with Crippen molar-refractivity contribution in [3.63, 3.8) is 0 Å². The number of rotatable bonds is 5. The highest BCUT2D eigenvalue weighted by molar-refractivity contribution is 7.92. The summed E-state index contributed by atoms with van der Waals surface area (Å²) in [6.45, 7) is 5.82. The summed E-state index contributed by atoms with van der Waals surface area (Å²) in [5.41, 5.74) is 0.876. The lowest BCUT2D eigenvalue weighted by atomic mass is 10.2. The largest absolute Gasteiger partial charge is 0.355 e. The molecule has 0 unspecified atom stereocenters. The van der Waals surface area contributed by atoms with Crippen molar-refractivity contribution in [1.29, 1.82) is 0 Å². The highest BCUT2D eigenvalue weighted by atomic mass is 35.5. The Morgan fingerprint density at radius 2 is 1.87 bits per heavy atom. The SMILES string of the molecule is CN=C(NCCS(=O)(=O)C(C)(C)C)NCc1ccc(Cl)cc1Cl. The van der Waals surface area contributed by atoms with Crippen molar-refractivity contribution in [3.05, 3.63) is 33.8 Å². The molecule has 2 N–H and O–H groups in total. The number of benzene rings is 1. The Morgan fingerprint density at radius 1 is 1.22 bits per heavy atom. The van der Waals surface area contributed by atoms with Crippen LogP contribution in [0.3, 0.4) is 0 Å². The highest BCUT2D eigenvalue weighted by Gasteiger charge is 2.28. The van der Waals surface area contributed by atoms with E-state index in [0.717, 1.165) is 5.56 Å². The summed E-state index contributed by atoms with van der Waals surface area (Å²) in [5.74, 6) is 0.555. The second kappa shape index (κ2) is 8.22. The van der Waals surface area contributed by atoms with Gasteiger partial charge in [-0.1, -0.05) is 29.3 Å². The van der Waals surface area contributed by atoms with Crippen molar-refractivity contribution in [2.45, 2.75) is 32.1 Å². The van der Waals surface area contributed by atoms with Crippen LogP contribution in [-0.4, -0.2) is 38.5 Å². The molecule has 0 radical (unpaired) electrons. The van der Waals surface area contributed by atoms with E-state index in [1.165, 1.54) is 0 Å². The Labute approximate surface area is 148 Å². The van der Waals surface area contributed by atoms with Crippen LogP contribution in [0.2, 0.25) is 10.0 Å². The highest BCUT2D eigenvalue weighted by Crippen LogP contribution is 2.20. The van der Waals surface area contributed by atoms with Gasteiger partial charge in [-0.2, -0.15) is 0 Å². The lowest BCUT2D eigenvalue weighted by Gasteiger charge is -2.20. The molecule has 0 aliphatic rings. The molecule has 8 heteroatoms. The fourth-order valence-electron chi connectivity index (χ4n) is 1.67. The van der Waals surface area contributed by atoms with E-state index in [1.54, 1.807) is 40.0 Å². The molecular formula is C15H23Cl2N3O2S. The molecule has 0 spiro atoms. The topological polar surface area (TPSA) is 70.6 Å². The molecule has 0 aromatic heterocycles. The van der Waals surface area contributed by atoms with E-state index < -0.39 is 14.6 Å². The average molecular weight is 380 g/mol. The Balaban J connectivity index is 2.53. The van der Waals surface area contributed by atoms with Gasteiger partial charge in [0.1, 0.15) is 0 Å². The smallest absolute Gasteiger partial charge is 0.191 e. The predicted octanol–water partition coefficient (Wildman–Crippen LogP) is 2.87. The molecule has 0 fully saturated rings. The third kappa shape index (κ3) is 6.20. The van der Waals surface area contributed by atoms with Gasteiger partial charge in [-0.05, 0) is 38.5 Å². The summed E-state index contributed by atoms with van der Waals surface area (Å²) < 4.78 is 23.3. The monoisotopic (exact) mass is 379 g/mol. The van der Waals surface area contributed by atoms with Gasteiger partial charge in [0.05, 0.1) is 10.5 Å². The van der Waals surface area contributed by atoms with Crippen LogP contribution in [0, 0.1) is 0 Å². The van der Waals surface area contributed by atoms with Crippen molar-refractivity contribution in [1.82, 2.24) is 10.6 Å². The maximum atomic E-state index is 12.0. The summed E-state index contributed by atoms with van der Waals surface area (Å²) in [4.78, 5) is 4.06. The molecular weight excluding hydrogens is 357 g/mol. The van der Waals surface area contributed by atoms with E-state index in [2.05, 4.69) is 15.6 Å². The van der Waals surface area contributed by atoms with Gasteiger partial charge in [-0.3, -0.25) is 4.99 Å². The second-order valence-corrected chi connectivity index (χ2v) is 9.73. The van der Waals surface area contributed by atoms with Crippen LogP contribution in [0.15, 0.2) is 23.2 Å². The first-order valence-corrected chi connectivity index (χ1v) is 9.58. The van der Waals surface area contributed by atoms with Crippen molar-refractivity contribution in [3.8, 4) is 0 Å². The van der Waals surface area contributed by atoms with Gasteiger partial charge in [0.2, 0.25) is 0 Å². The van der Waals surface area contributed by atoms with E-state index in [4.69, 9.17) is 23.2 Å². The molecule has 0 amide bonds. The fraction of sp³-hybridized carbons (Fsp3) is 0.533. The number of aliphatic imine (C=N–C) groups is 1. The van der Waals surface area contributed by atoms with Gasteiger partial charge in [0.25, 0.3) is 0 Å². The molecule has 1 aromatic carbocycles. The minimum atomic E-state index is -3.16. The minimum absolute atomic E-state index is 0.0406. The first-order valence-electron chi connectivity index (χ1n) is 7.17. The number of halogens is 2. The Hall–Kier alpha value is -0.980. The van der Waals surface area contributed by atoms with E-state index in [9.17, 15) is 8.42 Å². The molecule has 0 atom stereocenters. The summed E-state index contributed by atoms with van der Waals surface area (Å²) in [7, 11) is -1.54. The number of guanidine groups is 1. The second-order valence-electron chi connectivity index (χ2n) is 6.02. The zero-order valence-electron chi connectivity index (χ0n) is 13.8. The Kier molecular flexibility index (Phi) is 7.17. The summed E-state index contributed by atoms with van der Waals surface area (Å²) in [6, 6.07) is 5.26. The van der Waals surface area contributed by atoms with Crippen LogP contribution in [0.5, 0.6) is 0 Å². The number of nitrogens with zero attached hydrogens (tertiary/aromatic N) is 1. The van der Waals surface area contributed by atoms with Crippen molar-refractivity contribution in [2.75, 3.05) is 19.3 Å². The summed E-state index contributed by atoms with van der Waals surface area (Å²) >= 11 is 12.0. The fourth-order valence-corrected chi connectivity index (χ4v) is 3.13. The molecule has 130 valence electrons. The van der Waals surface area contributed by atoms with Gasteiger partial charge in [-0.25, -0.2) is 8.42 Å².